The topological polar surface area (TPSA) is 72.3 Å². The molecule has 6 nitrogen and oxygen atoms in total. The molecule has 22 heavy (non-hydrogen) atoms. The summed E-state index contributed by atoms with van der Waals surface area (Å²) in [6.45, 7) is 0. The predicted octanol–water partition coefficient (Wildman–Crippen LogP) is 1.13. The smallest absolute Gasteiger partial charge is 0.272 e. The molecular weight excluding hydrogens is 302 g/mol. The minimum Gasteiger partial charge on any atom is -0.336 e. The molecule has 1 aliphatic rings. The average molecular weight is 319 g/mol. The first-order valence-electron chi connectivity index (χ1n) is 7.03. The lowest BCUT2D eigenvalue weighted by molar-refractivity contribution is 0.0739. The van der Waals surface area contributed by atoms with E-state index in [1.807, 2.05) is 30.3 Å². The fourth-order valence-electron chi connectivity index (χ4n) is 2.67. The highest BCUT2D eigenvalue weighted by Crippen LogP contribution is 2.19. The number of hydrogen-bond acceptors (Lipinski definition) is 4. The van der Waals surface area contributed by atoms with Gasteiger partial charge in [-0.3, -0.25) is 9.36 Å². The fraction of sp³-hybridized carbons (Fsp3) is 0.333. The van der Waals surface area contributed by atoms with E-state index < -0.39 is 9.84 Å². The van der Waals surface area contributed by atoms with Gasteiger partial charge in [0.2, 0.25) is 0 Å². The van der Waals surface area contributed by atoms with Gasteiger partial charge in [-0.2, -0.15) is 0 Å². The molecule has 0 spiro atoms. The van der Waals surface area contributed by atoms with Gasteiger partial charge in [0.05, 0.1) is 24.0 Å². The van der Waals surface area contributed by atoms with Crippen molar-refractivity contribution in [3.8, 4) is 5.69 Å². The molecule has 0 radical (unpaired) electrons. The SMILES string of the molecule is CN(C(=O)c1cncn1-c1ccccc1)C1CCS(=O)(=O)C1. The Morgan fingerprint density at radius 2 is 2.05 bits per heavy atom. The fourth-order valence-corrected chi connectivity index (χ4v) is 4.45. The van der Waals surface area contributed by atoms with Crippen molar-refractivity contribution in [3.63, 3.8) is 0 Å². The summed E-state index contributed by atoms with van der Waals surface area (Å²) in [4.78, 5) is 18.2. The van der Waals surface area contributed by atoms with Gasteiger partial charge in [0.1, 0.15) is 5.69 Å². The van der Waals surface area contributed by atoms with Crippen LogP contribution in [0.4, 0.5) is 0 Å². The summed E-state index contributed by atoms with van der Waals surface area (Å²) in [6.07, 6.45) is 3.58. The van der Waals surface area contributed by atoms with Crippen LogP contribution in [0.25, 0.3) is 5.69 Å². The second kappa shape index (κ2) is 5.57. The Balaban J connectivity index is 1.86. The first-order valence-corrected chi connectivity index (χ1v) is 8.85. The largest absolute Gasteiger partial charge is 0.336 e. The molecule has 0 bridgehead atoms. The van der Waals surface area contributed by atoms with Gasteiger partial charge in [0.25, 0.3) is 5.91 Å². The molecule has 0 saturated carbocycles. The number of carbonyl (C=O) groups is 1. The lowest BCUT2D eigenvalue weighted by Gasteiger charge is -2.23. The quantitative estimate of drug-likeness (QED) is 0.850. The zero-order valence-corrected chi connectivity index (χ0v) is 13.0. The summed E-state index contributed by atoms with van der Waals surface area (Å²) in [5.41, 5.74) is 1.27. The summed E-state index contributed by atoms with van der Waals surface area (Å²) in [6, 6.07) is 9.18. The number of para-hydroxylation sites is 1. The Morgan fingerprint density at radius 1 is 1.32 bits per heavy atom. The highest BCUT2D eigenvalue weighted by Gasteiger charge is 2.33. The van der Waals surface area contributed by atoms with Crippen molar-refractivity contribution < 1.29 is 13.2 Å². The summed E-state index contributed by atoms with van der Waals surface area (Å²) >= 11 is 0. The van der Waals surface area contributed by atoms with E-state index in [4.69, 9.17) is 0 Å². The second-order valence-electron chi connectivity index (χ2n) is 5.46. The third-order valence-corrected chi connectivity index (χ3v) is 5.72. The van der Waals surface area contributed by atoms with Crippen molar-refractivity contribution in [2.75, 3.05) is 18.6 Å². The number of aromatic nitrogens is 2. The summed E-state index contributed by atoms with van der Waals surface area (Å²) in [7, 11) is -1.37. The zero-order valence-electron chi connectivity index (χ0n) is 12.2. The van der Waals surface area contributed by atoms with Crippen LogP contribution in [0.2, 0.25) is 0 Å². The molecule has 2 heterocycles. The van der Waals surface area contributed by atoms with E-state index in [9.17, 15) is 13.2 Å². The van der Waals surface area contributed by atoms with Crippen molar-refractivity contribution in [2.45, 2.75) is 12.5 Å². The standard InChI is InChI=1S/C15H17N3O3S/c1-17(13-7-8-22(20,21)10-13)15(19)14-9-16-11-18(14)12-5-3-2-4-6-12/h2-6,9,11,13H,7-8,10H2,1H3. The van der Waals surface area contributed by atoms with E-state index in [1.165, 1.54) is 11.1 Å². The molecule has 0 aliphatic carbocycles. The molecule has 1 aliphatic heterocycles. The van der Waals surface area contributed by atoms with Crippen molar-refractivity contribution in [1.29, 1.82) is 0 Å². The van der Waals surface area contributed by atoms with Crippen molar-refractivity contribution in [1.82, 2.24) is 14.5 Å². The number of benzene rings is 1. The number of hydrogen-bond donors (Lipinski definition) is 0. The number of carbonyl (C=O) groups excluding carboxylic acids is 1. The third kappa shape index (κ3) is 2.76. The second-order valence-corrected chi connectivity index (χ2v) is 7.69. The minimum atomic E-state index is -3.02. The Hall–Kier alpha value is -2.15. The minimum absolute atomic E-state index is 0.0364. The van der Waals surface area contributed by atoms with Crippen LogP contribution in [0.3, 0.4) is 0 Å². The van der Waals surface area contributed by atoms with Crippen LogP contribution < -0.4 is 0 Å². The Labute approximate surface area is 129 Å². The number of nitrogens with zero attached hydrogens (tertiary/aromatic N) is 3. The van der Waals surface area contributed by atoms with Gasteiger partial charge >= 0.3 is 0 Å². The van der Waals surface area contributed by atoms with Crippen LogP contribution in [0, 0.1) is 0 Å². The maximum atomic E-state index is 12.7. The van der Waals surface area contributed by atoms with E-state index in [0.717, 1.165) is 5.69 Å². The predicted molar refractivity (Wildman–Crippen MR) is 82.7 cm³/mol. The van der Waals surface area contributed by atoms with Crippen molar-refractivity contribution in [3.05, 3.63) is 48.5 Å². The summed E-state index contributed by atoms with van der Waals surface area (Å²) in [5.74, 6) is -0.0365. The van der Waals surface area contributed by atoms with Gasteiger partial charge in [0.15, 0.2) is 9.84 Å². The van der Waals surface area contributed by atoms with Gasteiger partial charge < -0.3 is 4.90 Å². The normalized spacial score (nSPS) is 20.0. The number of amides is 1. The first kappa shape index (κ1) is 14.8. The Morgan fingerprint density at radius 3 is 2.68 bits per heavy atom. The van der Waals surface area contributed by atoms with E-state index in [1.54, 1.807) is 17.9 Å². The summed E-state index contributed by atoms with van der Waals surface area (Å²) < 4.78 is 24.9. The molecule has 1 saturated heterocycles. The Kier molecular flexibility index (Phi) is 3.74. The molecule has 1 aromatic carbocycles. The number of rotatable bonds is 3. The monoisotopic (exact) mass is 319 g/mol. The molecule has 7 heteroatoms. The van der Waals surface area contributed by atoms with Crippen LogP contribution in [-0.2, 0) is 9.84 Å². The Bertz CT molecular complexity index is 783. The van der Waals surface area contributed by atoms with Crippen LogP contribution >= 0.6 is 0 Å². The summed E-state index contributed by atoms with van der Waals surface area (Å²) in [5, 5.41) is 0. The van der Waals surface area contributed by atoms with Gasteiger partial charge in [-0.05, 0) is 18.6 Å². The molecule has 1 fully saturated rings. The molecule has 1 aromatic heterocycles. The lowest BCUT2D eigenvalue weighted by Crippen LogP contribution is -2.38. The molecule has 1 unspecified atom stereocenters. The molecule has 2 aromatic rings. The maximum Gasteiger partial charge on any atom is 0.272 e. The van der Waals surface area contributed by atoms with Crippen molar-refractivity contribution in [2.24, 2.45) is 0 Å². The molecule has 0 N–H and O–H groups in total. The van der Waals surface area contributed by atoms with Gasteiger partial charge in [-0.1, -0.05) is 18.2 Å². The molecular formula is C15H17N3O3S. The number of sulfone groups is 1. The van der Waals surface area contributed by atoms with Crippen LogP contribution in [0.1, 0.15) is 16.9 Å². The highest BCUT2D eigenvalue weighted by atomic mass is 32.2. The van der Waals surface area contributed by atoms with Crippen LogP contribution in [0.5, 0.6) is 0 Å². The van der Waals surface area contributed by atoms with E-state index in [0.29, 0.717) is 12.1 Å². The maximum absolute atomic E-state index is 12.7. The van der Waals surface area contributed by atoms with Crippen LogP contribution in [-0.4, -0.2) is 53.4 Å². The van der Waals surface area contributed by atoms with Gasteiger partial charge in [0, 0.05) is 18.8 Å². The van der Waals surface area contributed by atoms with Crippen LogP contribution in [0.15, 0.2) is 42.9 Å². The van der Waals surface area contributed by atoms with Crippen molar-refractivity contribution >= 4 is 15.7 Å². The van der Waals surface area contributed by atoms with Gasteiger partial charge in [-0.15, -0.1) is 0 Å². The molecule has 3 rings (SSSR count). The average Bonchev–Trinajstić information content (AvgIpc) is 3.13. The van der Waals surface area contributed by atoms with E-state index >= 15 is 0 Å². The molecule has 116 valence electrons. The van der Waals surface area contributed by atoms with E-state index in [-0.39, 0.29) is 23.5 Å². The molecule has 1 amide bonds. The third-order valence-electron chi connectivity index (χ3n) is 3.97. The molecule has 1 atom stereocenters. The lowest BCUT2D eigenvalue weighted by atomic mass is 10.2. The zero-order chi connectivity index (χ0) is 15.7. The number of imidazole rings is 1. The first-order chi connectivity index (χ1) is 10.5. The highest BCUT2D eigenvalue weighted by molar-refractivity contribution is 7.91. The van der Waals surface area contributed by atoms with E-state index in [2.05, 4.69) is 4.98 Å². The van der Waals surface area contributed by atoms with Gasteiger partial charge in [-0.25, -0.2) is 13.4 Å².